The fourth-order valence-electron chi connectivity index (χ4n) is 1.84. The van der Waals surface area contributed by atoms with E-state index in [4.69, 9.17) is 5.73 Å². The largest absolute Gasteiger partial charge is 0.369 e. The maximum absolute atomic E-state index is 10.7. The first kappa shape index (κ1) is 11.5. The summed E-state index contributed by atoms with van der Waals surface area (Å²) in [6, 6.07) is 0.658. The van der Waals surface area contributed by atoms with Gasteiger partial charge >= 0.3 is 0 Å². The van der Waals surface area contributed by atoms with Crippen LogP contribution in [0, 0.1) is 0 Å². The second-order valence-corrected chi connectivity index (χ2v) is 4.04. The highest BCUT2D eigenvalue weighted by molar-refractivity contribution is 5.75. The summed E-state index contributed by atoms with van der Waals surface area (Å²) < 4.78 is 0. The molecule has 1 aliphatic heterocycles. The van der Waals surface area contributed by atoms with E-state index >= 15 is 0 Å². The number of primary amides is 1. The van der Waals surface area contributed by atoms with E-state index in [2.05, 4.69) is 23.6 Å². The molecule has 0 aromatic carbocycles. The van der Waals surface area contributed by atoms with Gasteiger partial charge in [-0.05, 0) is 13.3 Å². The molecule has 4 nitrogen and oxygen atoms in total. The van der Waals surface area contributed by atoms with Gasteiger partial charge in [0.05, 0.1) is 6.54 Å². The molecule has 82 valence electrons. The molecule has 0 spiro atoms. The van der Waals surface area contributed by atoms with Crippen LogP contribution in [0.1, 0.15) is 20.3 Å². The van der Waals surface area contributed by atoms with Gasteiger partial charge in [0.15, 0.2) is 0 Å². The van der Waals surface area contributed by atoms with Crippen LogP contribution in [0.4, 0.5) is 0 Å². The molecule has 1 amide bonds. The third kappa shape index (κ3) is 3.27. The van der Waals surface area contributed by atoms with Gasteiger partial charge in [-0.15, -0.1) is 0 Å². The molecule has 0 unspecified atom stereocenters. The van der Waals surface area contributed by atoms with Gasteiger partial charge in [-0.1, -0.05) is 6.92 Å². The molecule has 0 aromatic rings. The Kier molecular flexibility index (Phi) is 4.35. The van der Waals surface area contributed by atoms with Crippen LogP contribution < -0.4 is 5.73 Å². The van der Waals surface area contributed by atoms with E-state index in [9.17, 15) is 4.79 Å². The van der Waals surface area contributed by atoms with Crippen molar-refractivity contribution < 1.29 is 4.79 Å². The minimum Gasteiger partial charge on any atom is -0.369 e. The van der Waals surface area contributed by atoms with E-state index in [-0.39, 0.29) is 5.91 Å². The number of nitrogens with zero attached hydrogens (tertiary/aromatic N) is 2. The lowest BCUT2D eigenvalue weighted by Gasteiger charge is -2.37. The molecule has 2 N–H and O–H groups in total. The molecular weight excluding hydrogens is 178 g/mol. The number of piperazine rings is 1. The maximum atomic E-state index is 10.7. The van der Waals surface area contributed by atoms with Crippen LogP contribution in [0.5, 0.6) is 0 Å². The first-order chi connectivity index (χ1) is 6.63. The zero-order valence-corrected chi connectivity index (χ0v) is 9.20. The summed E-state index contributed by atoms with van der Waals surface area (Å²) in [7, 11) is 0. The Bertz CT molecular complexity index is 188. The second kappa shape index (κ2) is 5.32. The number of carbonyl (C=O) groups is 1. The molecule has 1 rings (SSSR count). The van der Waals surface area contributed by atoms with Crippen molar-refractivity contribution in [3.8, 4) is 0 Å². The van der Waals surface area contributed by atoms with Crippen LogP contribution in [-0.2, 0) is 4.79 Å². The summed E-state index contributed by atoms with van der Waals surface area (Å²) in [6.07, 6.45) is 1.19. The third-order valence-electron chi connectivity index (χ3n) is 3.00. The summed E-state index contributed by atoms with van der Waals surface area (Å²) in [6.45, 7) is 8.92. The van der Waals surface area contributed by atoms with Crippen molar-refractivity contribution in [3.63, 3.8) is 0 Å². The number of hydrogen-bond donors (Lipinski definition) is 1. The predicted octanol–water partition coefficient (Wildman–Crippen LogP) is -0.112. The van der Waals surface area contributed by atoms with Crippen molar-refractivity contribution in [2.45, 2.75) is 26.3 Å². The predicted molar refractivity (Wildman–Crippen MR) is 57.0 cm³/mol. The third-order valence-corrected chi connectivity index (χ3v) is 3.00. The Hall–Kier alpha value is -0.610. The summed E-state index contributed by atoms with van der Waals surface area (Å²) >= 11 is 0. The van der Waals surface area contributed by atoms with Gasteiger partial charge < -0.3 is 5.73 Å². The standard InChI is InChI=1S/C10H21N3O/c1-3-9(2)13-6-4-12(5-7-13)8-10(11)14/h9H,3-8H2,1-2H3,(H2,11,14)/t9-/m0/s1. The molecular formula is C10H21N3O. The number of amides is 1. The van der Waals surface area contributed by atoms with Gasteiger partial charge in [0.25, 0.3) is 0 Å². The Morgan fingerprint density at radius 2 is 1.93 bits per heavy atom. The van der Waals surface area contributed by atoms with Crippen molar-refractivity contribution in [3.05, 3.63) is 0 Å². The van der Waals surface area contributed by atoms with Crippen LogP contribution in [0.2, 0.25) is 0 Å². The molecule has 1 aliphatic rings. The molecule has 1 atom stereocenters. The van der Waals surface area contributed by atoms with Gasteiger partial charge in [0.2, 0.25) is 5.91 Å². The molecule has 1 heterocycles. The van der Waals surface area contributed by atoms with E-state index in [1.807, 2.05) is 0 Å². The molecule has 1 fully saturated rings. The fraction of sp³-hybridized carbons (Fsp3) is 0.900. The Morgan fingerprint density at radius 3 is 2.36 bits per heavy atom. The van der Waals surface area contributed by atoms with E-state index in [1.54, 1.807) is 0 Å². The van der Waals surface area contributed by atoms with E-state index in [1.165, 1.54) is 6.42 Å². The molecule has 0 bridgehead atoms. The average Bonchev–Trinajstić information content (AvgIpc) is 2.17. The van der Waals surface area contributed by atoms with Crippen LogP contribution in [-0.4, -0.2) is 54.5 Å². The molecule has 0 radical (unpaired) electrons. The molecule has 0 saturated carbocycles. The van der Waals surface area contributed by atoms with Crippen molar-refractivity contribution >= 4 is 5.91 Å². The van der Waals surface area contributed by atoms with Crippen molar-refractivity contribution in [2.24, 2.45) is 5.73 Å². The van der Waals surface area contributed by atoms with E-state index in [0.29, 0.717) is 12.6 Å². The lowest BCUT2D eigenvalue weighted by molar-refractivity contribution is -0.119. The molecule has 14 heavy (non-hydrogen) atoms. The number of carbonyl (C=O) groups excluding carboxylic acids is 1. The van der Waals surface area contributed by atoms with Crippen molar-refractivity contribution in [2.75, 3.05) is 32.7 Å². The van der Waals surface area contributed by atoms with Crippen molar-refractivity contribution in [1.29, 1.82) is 0 Å². The Morgan fingerprint density at radius 1 is 1.36 bits per heavy atom. The van der Waals surface area contributed by atoms with Gasteiger partial charge in [0.1, 0.15) is 0 Å². The molecule has 0 aromatic heterocycles. The van der Waals surface area contributed by atoms with E-state index in [0.717, 1.165) is 26.2 Å². The number of rotatable bonds is 4. The summed E-state index contributed by atoms with van der Waals surface area (Å²) in [4.78, 5) is 15.3. The first-order valence-corrected chi connectivity index (χ1v) is 5.38. The summed E-state index contributed by atoms with van der Waals surface area (Å²) in [5, 5.41) is 0. The highest BCUT2D eigenvalue weighted by Crippen LogP contribution is 2.07. The fourth-order valence-corrected chi connectivity index (χ4v) is 1.84. The average molecular weight is 199 g/mol. The quantitative estimate of drug-likeness (QED) is 0.687. The van der Waals surface area contributed by atoms with Gasteiger partial charge in [-0.25, -0.2) is 0 Å². The lowest BCUT2D eigenvalue weighted by atomic mass is 10.2. The molecule has 4 heteroatoms. The highest BCUT2D eigenvalue weighted by atomic mass is 16.1. The lowest BCUT2D eigenvalue weighted by Crippen LogP contribution is -2.51. The van der Waals surface area contributed by atoms with Crippen LogP contribution in [0.25, 0.3) is 0 Å². The minimum atomic E-state index is -0.220. The molecule has 1 saturated heterocycles. The van der Waals surface area contributed by atoms with Crippen molar-refractivity contribution in [1.82, 2.24) is 9.80 Å². The molecule has 0 aliphatic carbocycles. The van der Waals surface area contributed by atoms with Crippen LogP contribution in [0.15, 0.2) is 0 Å². The van der Waals surface area contributed by atoms with Gasteiger partial charge in [-0.3, -0.25) is 14.6 Å². The van der Waals surface area contributed by atoms with Gasteiger partial charge in [0, 0.05) is 32.2 Å². The van der Waals surface area contributed by atoms with Crippen LogP contribution in [0.3, 0.4) is 0 Å². The minimum absolute atomic E-state index is 0.220. The smallest absolute Gasteiger partial charge is 0.231 e. The zero-order valence-electron chi connectivity index (χ0n) is 9.20. The van der Waals surface area contributed by atoms with Gasteiger partial charge in [-0.2, -0.15) is 0 Å². The Labute approximate surface area is 86.0 Å². The SMILES string of the molecule is CC[C@H](C)N1CCN(CC(N)=O)CC1. The topological polar surface area (TPSA) is 49.6 Å². The number of nitrogens with two attached hydrogens (primary N) is 1. The number of hydrogen-bond acceptors (Lipinski definition) is 3. The normalized spacial score (nSPS) is 22.1. The summed E-state index contributed by atoms with van der Waals surface area (Å²) in [5.74, 6) is -0.220. The van der Waals surface area contributed by atoms with E-state index < -0.39 is 0 Å². The zero-order chi connectivity index (χ0) is 10.6. The first-order valence-electron chi connectivity index (χ1n) is 5.38. The summed E-state index contributed by atoms with van der Waals surface area (Å²) in [5.41, 5.74) is 5.15. The second-order valence-electron chi connectivity index (χ2n) is 4.04. The maximum Gasteiger partial charge on any atom is 0.231 e. The van der Waals surface area contributed by atoms with Crippen LogP contribution >= 0.6 is 0 Å². The Balaban J connectivity index is 2.27. The monoisotopic (exact) mass is 199 g/mol. The highest BCUT2D eigenvalue weighted by Gasteiger charge is 2.20.